The van der Waals surface area contributed by atoms with Gasteiger partial charge in [-0.2, -0.15) is 0 Å². The molecule has 0 spiro atoms. The number of allylic oxidation sites excluding steroid dienone is 1. The molecule has 128 valence electrons. The maximum Gasteiger partial charge on any atom is 0.134 e. The Kier molecular flexibility index (Phi) is 4.13. The Morgan fingerprint density at radius 2 is 1.63 bits per heavy atom. The Bertz CT molecular complexity index is 1350. The van der Waals surface area contributed by atoms with E-state index in [0.717, 1.165) is 0 Å². The summed E-state index contributed by atoms with van der Waals surface area (Å²) in [6.45, 7) is 0. The van der Waals surface area contributed by atoms with Crippen molar-refractivity contribution >= 4 is 56.8 Å². The number of aliphatic imine (C=N–C) groups is 1. The number of nitrogens with zero attached hydrogens (tertiary/aromatic N) is 2. The van der Waals surface area contributed by atoms with E-state index >= 15 is 0 Å². The van der Waals surface area contributed by atoms with Gasteiger partial charge in [0.2, 0.25) is 0 Å². The topological polar surface area (TPSA) is 76.5 Å². The van der Waals surface area contributed by atoms with Crippen LogP contribution in [0.15, 0.2) is 53.7 Å². The van der Waals surface area contributed by atoms with Crippen molar-refractivity contribution in [3.63, 3.8) is 0 Å². The molecule has 4 rings (SSSR count). The van der Waals surface area contributed by atoms with Crippen LogP contribution in [-0.2, 0) is 14.4 Å². The second-order valence-corrected chi connectivity index (χ2v) is 6.26. The lowest BCUT2D eigenvalue weighted by molar-refractivity contribution is 0.564. The van der Waals surface area contributed by atoms with Crippen LogP contribution in [0.1, 0.15) is 17.0 Å². The Morgan fingerprint density at radius 1 is 0.889 bits per heavy atom. The molecular formula is C21H9ClN2O3. The number of fused-ring (bicyclic) bond motifs is 3. The van der Waals surface area contributed by atoms with E-state index in [-0.39, 0.29) is 32.4 Å². The van der Waals surface area contributed by atoms with Crippen molar-refractivity contribution in [2.24, 2.45) is 4.99 Å². The normalized spacial score (nSPS) is 15.4. The van der Waals surface area contributed by atoms with Crippen molar-refractivity contribution in [3.8, 4) is 0 Å². The molecule has 1 aliphatic rings. The van der Waals surface area contributed by atoms with Crippen LogP contribution < -0.4 is 10.4 Å². The predicted octanol–water partition coefficient (Wildman–Crippen LogP) is 1.52. The van der Waals surface area contributed by atoms with Gasteiger partial charge < -0.3 is 0 Å². The Morgan fingerprint density at radius 3 is 2.30 bits per heavy atom. The lowest BCUT2D eigenvalue weighted by atomic mass is 9.83. The zero-order valence-electron chi connectivity index (χ0n) is 13.7. The van der Waals surface area contributed by atoms with Crippen LogP contribution in [-0.4, -0.2) is 28.0 Å². The second kappa shape index (κ2) is 6.62. The number of hydrogen-bond acceptors (Lipinski definition) is 5. The summed E-state index contributed by atoms with van der Waals surface area (Å²) in [7, 11) is 0. The third-order valence-corrected chi connectivity index (χ3v) is 4.80. The first-order chi connectivity index (χ1) is 13.2. The first kappa shape index (κ1) is 16.9. The summed E-state index contributed by atoms with van der Waals surface area (Å²) in [6.07, 6.45) is 1.53. The smallest absolute Gasteiger partial charge is 0.134 e. The largest absolute Gasteiger partial charge is 0.254 e. The van der Waals surface area contributed by atoms with Gasteiger partial charge in [-0.1, -0.05) is 41.9 Å². The van der Waals surface area contributed by atoms with Crippen molar-refractivity contribution < 1.29 is 14.4 Å². The van der Waals surface area contributed by atoms with E-state index in [9.17, 15) is 14.4 Å². The van der Waals surface area contributed by atoms with Gasteiger partial charge in [0.15, 0.2) is 0 Å². The zero-order valence-corrected chi connectivity index (χ0v) is 14.4. The average molecular weight is 373 g/mol. The molecule has 5 nitrogen and oxygen atoms in total. The molecule has 0 bridgehead atoms. The molecular weight excluding hydrogens is 364 g/mol. The average Bonchev–Trinajstić information content (AvgIpc) is 2.72. The van der Waals surface area contributed by atoms with E-state index in [0.29, 0.717) is 16.5 Å². The van der Waals surface area contributed by atoms with Gasteiger partial charge in [0.25, 0.3) is 0 Å². The molecule has 2 aromatic carbocycles. The molecule has 2 heterocycles. The van der Waals surface area contributed by atoms with Crippen LogP contribution in [0.2, 0.25) is 0 Å². The molecule has 0 radical (unpaired) electrons. The molecule has 0 N–H and O–H groups in total. The third-order valence-electron chi connectivity index (χ3n) is 4.50. The van der Waals surface area contributed by atoms with Crippen LogP contribution in [0, 0.1) is 0 Å². The van der Waals surface area contributed by atoms with Crippen molar-refractivity contribution in [1.29, 1.82) is 0 Å². The standard InChI is InChI=1S/C21H9ClN2O3/c22-21-17(12-5-2-1-3-6-12)16(11-27)18-15(10-26)14(9-25)13-7-4-8-23-19(13)20(18)24-21/h1-8,17H. The summed E-state index contributed by atoms with van der Waals surface area (Å²) in [5.74, 6) is 4.73. The number of rotatable bonds is 1. The van der Waals surface area contributed by atoms with Gasteiger partial charge in [-0.3, -0.25) is 4.98 Å². The summed E-state index contributed by atoms with van der Waals surface area (Å²) in [4.78, 5) is 44.0. The lowest BCUT2D eigenvalue weighted by Crippen LogP contribution is -2.34. The van der Waals surface area contributed by atoms with E-state index in [1.807, 2.05) is 12.0 Å². The number of halogens is 1. The fourth-order valence-corrected chi connectivity index (χ4v) is 3.69. The fraction of sp³-hybridized carbons (Fsp3) is 0.0476. The number of carbonyl (C=O) groups excluding carboxylic acids is 3. The molecule has 6 heteroatoms. The fourth-order valence-electron chi connectivity index (χ4n) is 3.37. The zero-order chi connectivity index (χ0) is 19.0. The minimum Gasteiger partial charge on any atom is -0.254 e. The van der Waals surface area contributed by atoms with Crippen molar-refractivity contribution in [1.82, 2.24) is 4.98 Å². The van der Waals surface area contributed by atoms with E-state index in [1.54, 1.807) is 48.3 Å². The third kappa shape index (κ3) is 2.48. The van der Waals surface area contributed by atoms with E-state index in [1.165, 1.54) is 6.20 Å². The Labute approximate surface area is 157 Å². The summed E-state index contributed by atoms with van der Waals surface area (Å²) in [5, 5.41) is 0.437. The number of pyridine rings is 1. The summed E-state index contributed by atoms with van der Waals surface area (Å²) >= 11 is 6.43. The molecule has 27 heavy (non-hydrogen) atoms. The van der Waals surface area contributed by atoms with Gasteiger partial charge >= 0.3 is 0 Å². The number of aromatic nitrogens is 1. The van der Waals surface area contributed by atoms with E-state index in [4.69, 9.17) is 11.6 Å². The van der Waals surface area contributed by atoms with Crippen molar-refractivity contribution in [2.75, 3.05) is 0 Å². The van der Waals surface area contributed by atoms with E-state index in [2.05, 4.69) is 9.98 Å². The highest BCUT2D eigenvalue weighted by molar-refractivity contribution is 6.68. The highest BCUT2D eigenvalue weighted by atomic mass is 35.5. The molecule has 1 aromatic heterocycles. The lowest BCUT2D eigenvalue weighted by Gasteiger charge is -2.23. The van der Waals surface area contributed by atoms with Gasteiger partial charge in [0.05, 0.1) is 27.4 Å². The molecule has 0 amide bonds. The van der Waals surface area contributed by atoms with Gasteiger partial charge in [-0.25, -0.2) is 19.4 Å². The SMILES string of the molecule is O=C=C1c2c(c3ncccc3c(=C=O)c2=C=O)N=C(Cl)C1c1ccccc1. The molecule has 1 unspecified atom stereocenters. The predicted molar refractivity (Wildman–Crippen MR) is 102 cm³/mol. The van der Waals surface area contributed by atoms with Crippen LogP contribution >= 0.6 is 11.6 Å². The quantitative estimate of drug-likeness (QED) is 0.607. The molecule has 0 fully saturated rings. The minimum absolute atomic E-state index is 0.0142. The minimum atomic E-state index is -0.703. The summed E-state index contributed by atoms with van der Waals surface area (Å²) in [5.41, 5.74) is 1.59. The molecule has 1 aliphatic heterocycles. The van der Waals surface area contributed by atoms with Gasteiger partial charge in [0, 0.05) is 17.1 Å². The molecule has 3 aromatic rings. The second-order valence-electron chi connectivity index (χ2n) is 5.87. The Balaban J connectivity index is 2.24. The maximum absolute atomic E-state index is 11.9. The van der Waals surface area contributed by atoms with Crippen LogP contribution in [0.5, 0.6) is 0 Å². The summed E-state index contributed by atoms with van der Waals surface area (Å²) < 4.78 is 0. The monoisotopic (exact) mass is 372 g/mol. The molecule has 1 atom stereocenters. The van der Waals surface area contributed by atoms with Crippen LogP contribution in [0.3, 0.4) is 0 Å². The van der Waals surface area contributed by atoms with Crippen LogP contribution in [0.25, 0.3) is 16.5 Å². The van der Waals surface area contributed by atoms with Crippen molar-refractivity contribution in [2.45, 2.75) is 5.92 Å². The molecule has 0 saturated heterocycles. The maximum atomic E-state index is 11.9. The molecule has 0 aliphatic carbocycles. The van der Waals surface area contributed by atoms with Crippen molar-refractivity contribution in [3.05, 3.63) is 70.2 Å². The summed E-state index contributed by atoms with van der Waals surface area (Å²) in [6, 6.07) is 12.3. The highest BCUT2D eigenvalue weighted by Gasteiger charge is 2.33. The first-order valence-electron chi connectivity index (χ1n) is 7.96. The first-order valence-corrected chi connectivity index (χ1v) is 8.34. The van der Waals surface area contributed by atoms with Crippen LogP contribution in [0.4, 0.5) is 5.69 Å². The number of hydrogen-bond donors (Lipinski definition) is 0. The highest BCUT2D eigenvalue weighted by Crippen LogP contribution is 2.42. The number of benzene rings is 2. The van der Waals surface area contributed by atoms with Gasteiger partial charge in [0.1, 0.15) is 28.7 Å². The van der Waals surface area contributed by atoms with Gasteiger partial charge in [-0.05, 0) is 17.7 Å². The molecule has 0 saturated carbocycles. The Hall–Kier alpha value is -3.58. The van der Waals surface area contributed by atoms with E-state index < -0.39 is 5.92 Å². The van der Waals surface area contributed by atoms with Gasteiger partial charge in [-0.15, -0.1) is 0 Å².